The van der Waals surface area contributed by atoms with Crippen LogP contribution in [0.15, 0.2) is 48.5 Å². The van der Waals surface area contributed by atoms with Crippen molar-refractivity contribution in [2.75, 3.05) is 27.9 Å². The Morgan fingerprint density at radius 1 is 0.848 bits per heavy atom. The number of carbonyl (C=O) groups excluding carboxylic acids is 3. The summed E-state index contributed by atoms with van der Waals surface area (Å²) in [6, 6.07) is 13.5. The highest BCUT2D eigenvalue weighted by Crippen LogP contribution is 2.29. The van der Waals surface area contributed by atoms with Crippen LogP contribution < -0.4 is 9.47 Å². The fourth-order valence-electron chi connectivity index (χ4n) is 3.64. The second kappa shape index (κ2) is 10.0. The van der Waals surface area contributed by atoms with Gasteiger partial charge in [-0.3, -0.25) is 4.79 Å². The molecule has 2 aromatic carbocycles. The molecule has 172 valence electrons. The van der Waals surface area contributed by atoms with Crippen LogP contribution in [0.25, 0.3) is 5.69 Å². The minimum Gasteiger partial charge on any atom is -0.496 e. The fraction of sp³-hybridized carbons (Fsp3) is 0.240. The Hall–Kier alpha value is -4.07. The highest BCUT2D eigenvalue weighted by atomic mass is 16.5. The third kappa shape index (κ3) is 4.74. The van der Waals surface area contributed by atoms with Crippen molar-refractivity contribution in [3.05, 3.63) is 76.6 Å². The average Bonchev–Trinajstić information content (AvgIpc) is 3.14. The maximum Gasteiger partial charge on any atom is 0.346 e. The quantitative estimate of drug-likeness (QED) is 0.378. The van der Waals surface area contributed by atoms with Gasteiger partial charge in [-0.1, -0.05) is 6.07 Å². The number of methoxy groups -OCH3 is 3. The van der Waals surface area contributed by atoms with E-state index in [0.717, 1.165) is 11.4 Å². The summed E-state index contributed by atoms with van der Waals surface area (Å²) in [5.74, 6) is -0.903. The van der Waals surface area contributed by atoms with Gasteiger partial charge in [0.25, 0.3) is 0 Å². The SMILES string of the molecule is COC(=O)c1ccc(-n2c(C)cc(C(=O)COC(=O)c3c(OC)cccc3OC)c2C)cc1. The lowest BCUT2D eigenvalue weighted by Crippen LogP contribution is -2.16. The molecule has 0 amide bonds. The summed E-state index contributed by atoms with van der Waals surface area (Å²) in [5, 5.41) is 0. The first-order chi connectivity index (χ1) is 15.8. The van der Waals surface area contributed by atoms with Crippen LogP contribution in [0.3, 0.4) is 0 Å². The summed E-state index contributed by atoms with van der Waals surface area (Å²) in [6.45, 7) is 3.23. The van der Waals surface area contributed by atoms with Gasteiger partial charge >= 0.3 is 11.9 Å². The fourth-order valence-corrected chi connectivity index (χ4v) is 3.64. The molecular weight excluding hydrogens is 426 g/mol. The maximum absolute atomic E-state index is 12.9. The first kappa shape index (κ1) is 23.6. The number of ketones is 1. The first-order valence-corrected chi connectivity index (χ1v) is 10.1. The number of Topliss-reactive ketones (excluding diaryl/α,β-unsaturated/α-hetero) is 1. The van der Waals surface area contributed by atoms with E-state index in [1.807, 2.05) is 11.5 Å². The van der Waals surface area contributed by atoms with Gasteiger partial charge in [-0.25, -0.2) is 9.59 Å². The summed E-state index contributed by atoms with van der Waals surface area (Å²) < 4.78 is 22.3. The van der Waals surface area contributed by atoms with E-state index in [9.17, 15) is 14.4 Å². The van der Waals surface area contributed by atoms with E-state index >= 15 is 0 Å². The third-order valence-corrected chi connectivity index (χ3v) is 5.24. The molecule has 0 aliphatic rings. The molecule has 8 heteroatoms. The smallest absolute Gasteiger partial charge is 0.346 e. The molecule has 3 aromatic rings. The van der Waals surface area contributed by atoms with Crippen molar-refractivity contribution in [3.63, 3.8) is 0 Å². The van der Waals surface area contributed by atoms with Crippen LogP contribution in [-0.4, -0.2) is 50.2 Å². The molecule has 0 saturated carbocycles. The molecule has 0 aliphatic carbocycles. The predicted molar refractivity (Wildman–Crippen MR) is 121 cm³/mol. The van der Waals surface area contributed by atoms with E-state index in [2.05, 4.69) is 0 Å². The van der Waals surface area contributed by atoms with Gasteiger partial charge in [-0.05, 0) is 56.3 Å². The summed E-state index contributed by atoms with van der Waals surface area (Å²) >= 11 is 0. The molecule has 0 spiro atoms. The number of nitrogens with zero attached hydrogens (tertiary/aromatic N) is 1. The minimum absolute atomic E-state index is 0.117. The Bertz CT molecular complexity index is 1170. The van der Waals surface area contributed by atoms with E-state index in [1.54, 1.807) is 55.5 Å². The van der Waals surface area contributed by atoms with Gasteiger partial charge in [0, 0.05) is 22.6 Å². The van der Waals surface area contributed by atoms with Crippen LogP contribution >= 0.6 is 0 Å². The maximum atomic E-state index is 12.9. The van der Waals surface area contributed by atoms with Crippen molar-refractivity contribution in [2.24, 2.45) is 0 Å². The van der Waals surface area contributed by atoms with Crippen LogP contribution in [-0.2, 0) is 9.47 Å². The molecular formula is C25H25NO7. The summed E-state index contributed by atoms with van der Waals surface area (Å²) in [7, 11) is 4.19. The molecule has 1 heterocycles. The standard InChI is InChI=1S/C25H25NO7/c1-15-13-19(16(2)26(15)18-11-9-17(10-12-18)24(28)32-5)20(27)14-33-25(29)23-21(30-3)7-6-8-22(23)31-4/h6-13H,14H2,1-5H3. The Morgan fingerprint density at radius 3 is 2.00 bits per heavy atom. The van der Waals surface area contributed by atoms with Gasteiger partial charge in [-0.2, -0.15) is 0 Å². The van der Waals surface area contributed by atoms with Gasteiger partial charge in [-0.15, -0.1) is 0 Å². The van der Waals surface area contributed by atoms with Crippen molar-refractivity contribution in [1.29, 1.82) is 0 Å². The number of hydrogen-bond donors (Lipinski definition) is 0. The summed E-state index contributed by atoms with van der Waals surface area (Å²) in [6.07, 6.45) is 0. The number of carbonyl (C=O) groups is 3. The largest absolute Gasteiger partial charge is 0.496 e. The molecule has 0 bridgehead atoms. The van der Waals surface area contributed by atoms with E-state index in [4.69, 9.17) is 18.9 Å². The van der Waals surface area contributed by atoms with Crippen LogP contribution in [0.1, 0.15) is 42.5 Å². The van der Waals surface area contributed by atoms with Crippen LogP contribution in [0.2, 0.25) is 0 Å². The van der Waals surface area contributed by atoms with Gasteiger partial charge in [0.05, 0.1) is 26.9 Å². The molecule has 8 nitrogen and oxygen atoms in total. The van der Waals surface area contributed by atoms with Crippen molar-refractivity contribution in [2.45, 2.75) is 13.8 Å². The van der Waals surface area contributed by atoms with Gasteiger partial charge in [0.1, 0.15) is 17.1 Å². The highest BCUT2D eigenvalue weighted by Gasteiger charge is 2.23. The number of aromatic nitrogens is 1. The van der Waals surface area contributed by atoms with Crippen molar-refractivity contribution < 1.29 is 33.3 Å². The zero-order valence-electron chi connectivity index (χ0n) is 19.1. The van der Waals surface area contributed by atoms with Crippen LogP contribution in [0.5, 0.6) is 11.5 Å². The lowest BCUT2D eigenvalue weighted by molar-refractivity contribution is 0.0468. The lowest BCUT2D eigenvalue weighted by atomic mass is 10.1. The molecule has 0 atom stereocenters. The second-order valence-electron chi connectivity index (χ2n) is 7.20. The third-order valence-electron chi connectivity index (χ3n) is 5.24. The van der Waals surface area contributed by atoms with Crippen LogP contribution in [0, 0.1) is 13.8 Å². The van der Waals surface area contributed by atoms with Crippen molar-refractivity contribution >= 4 is 17.7 Å². The molecule has 0 aliphatic heterocycles. The van der Waals surface area contributed by atoms with Crippen molar-refractivity contribution in [1.82, 2.24) is 4.57 Å². The van der Waals surface area contributed by atoms with Gasteiger partial charge in [0.2, 0.25) is 5.78 Å². The van der Waals surface area contributed by atoms with E-state index in [0.29, 0.717) is 28.3 Å². The Balaban J connectivity index is 1.80. The zero-order valence-corrected chi connectivity index (χ0v) is 19.1. The Labute approximate surface area is 191 Å². The van der Waals surface area contributed by atoms with Crippen molar-refractivity contribution in [3.8, 4) is 17.2 Å². The molecule has 0 unspecified atom stereocenters. The molecule has 1 aromatic heterocycles. The Kier molecular flexibility index (Phi) is 7.17. The number of ether oxygens (including phenoxy) is 4. The monoisotopic (exact) mass is 451 g/mol. The molecule has 0 fully saturated rings. The lowest BCUT2D eigenvalue weighted by Gasteiger charge is -2.12. The van der Waals surface area contributed by atoms with E-state index in [1.165, 1.54) is 21.3 Å². The topological polar surface area (TPSA) is 93.1 Å². The van der Waals surface area contributed by atoms with E-state index in [-0.39, 0.29) is 11.3 Å². The van der Waals surface area contributed by atoms with E-state index < -0.39 is 18.5 Å². The van der Waals surface area contributed by atoms with Gasteiger partial charge in [0.15, 0.2) is 6.61 Å². The molecule has 3 rings (SSSR count). The van der Waals surface area contributed by atoms with Crippen LogP contribution in [0.4, 0.5) is 0 Å². The minimum atomic E-state index is -0.718. The summed E-state index contributed by atoms with van der Waals surface area (Å²) in [4.78, 5) is 37.2. The Morgan fingerprint density at radius 2 is 1.45 bits per heavy atom. The zero-order chi connectivity index (χ0) is 24.1. The first-order valence-electron chi connectivity index (χ1n) is 10.1. The molecule has 0 saturated heterocycles. The number of esters is 2. The number of hydrogen-bond acceptors (Lipinski definition) is 7. The normalized spacial score (nSPS) is 10.5. The molecule has 33 heavy (non-hydrogen) atoms. The second-order valence-corrected chi connectivity index (χ2v) is 7.20. The summed E-state index contributed by atoms with van der Waals surface area (Å²) in [5.41, 5.74) is 3.27. The average molecular weight is 451 g/mol. The molecule has 0 radical (unpaired) electrons. The number of benzene rings is 2. The number of rotatable bonds is 8. The number of aryl methyl sites for hydroxylation is 1. The highest BCUT2D eigenvalue weighted by molar-refractivity contribution is 6.02. The molecule has 0 N–H and O–H groups in total. The van der Waals surface area contributed by atoms with Gasteiger partial charge < -0.3 is 23.5 Å². The predicted octanol–water partition coefficient (Wildman–Crippen LogP) is 3.94.